The number of rotatable bonds is 2. The molecule has 0 spiro atoms. The van der Waals surface area contributed by atoms with Crippen molar-refractivity contribution in [3.8, 4) is 0 Å². The Morgan fingerprint density at radius 2 is 1.94 bits per heavy atom. The molecule has 2 atom stereocenters. The molecule has 0 bridgehead atoms. The lowest BCUT2D eigenvalue weighted by molar-refractivity contribution is -0.148. The van der Waals surface area contributed by atoms with Crippen LogP contribution in [0, 0.1) is 32.6 Å². The van der Waals surface area contributed by atoms with Gasteiger partial charge in [-0.2, -0.15) is 5.10 Å². The zero-order valence-electron chi connectivity index (χ0n) is 10.5. The molecule has 1 aromatic rings. The maximum Gasteiger partial charge on any atom is 0.331 e. The SMILES string of the molecule is Cc1nn(C2(C(=O)O)CC3CC3C2)c(C)c1C. The molecule has 1 aromatic heterocycles. The summed E-state index contributed by atoms with van der Waals surface area (Å²) in [6.07, 6.45) is 2.73. The van der Waals surface area contributed by atoms with Gasteiger partial charge in [0.15, 0.2) is 5.54 Å². The lowest BCUT2D eigenvalue weighted by Gasteiger charge is -2.28. The van der Waals surface area contributed by atoms with E-state index in [1.807, 2.05) is 20.8 Å². The first-order valence-electron chi connectivity index (χ1n) is 6.22. The minimum atomic E-state index is -0.767. The number of nitrogens with zero attached hydrogens (tertiary/aromatic N) is 2. The third-order valence-electron chi connectivity index (χ3n) is 4.73. The average Bonchev–Trinajstić information content (AvgIpc) is 2.81. The Balaban J connectivity index is 2.10. The van der Waals surface area contributed by atoms with Crippen molar-refractivity contribution in [2.45, 2.75) is 45.6 Å². The van der Waals surface area contributed by atoms with Gasteiger partial charge in [0.25, 0.3) is 0 Å². The van der Waals surface area contributed by atoms with Gasteiger partial charge in [0.1, 0.15) is 0 Å². The predicted octanol–water partition coefficient (Wildman–Crippen LogP) is 2.02. The maximum atomic E-state index is 11.7. The van der Waals surface area contributed by atoms with Crippen LogP contribution in [-0.2, 0) is 10.3 Å². The van der Waals surface area contributed by atoms with E-state index in [9.17, 15) is 9.90 Å². The smallest absolute Gasteiger partial charge is 0.331 e. The van der Waals surface area contributed by atoms with Crippen molar-refractivity contribution in [2.75, 3.05) is 0 Å². The Morgan fingerprint density at radius 3 is 2.35 bits per heavy atom. The van der Waals surface area contributed by atoms with Crippen molar-refractivity contribution in [3.63, 3.8) is 0 Å². The van der Waals surface area contributed by atoms with Gasteiger partial charge < -0.3 is 5.11 Å². The normalized spacial score (nSPS) is 34.8. The summed E-state index contributed by atoms with van der Waals surface area (Å²) in [6.45, 7) is 5.94. The minimum Gasteiger partial charge on any atom is -0.479 e. The highest BCUT2D eigenvalue weighted by Crippen LogP contribution is 2.59. The van der Waals surface area contributed by atoms with Gasteiger partial charge in [-0.1, -0.05) is 0 Å². The highest BCUT2D eigenvalue weighted by atomic mass is 16.4. The van der Waals surface area contributed by atoms with Crippen LogP contribution in [0.15, 0.2) is 0 Å². The molecule has 2 aliphatic rings. The number of carboxylic acids is 1. The fraction of sp³-hybridized carbons (Fsp3) is 0.692. The van der Waals surface area contributed by atoms with Gasteiger partial charge in [-0.25, -0.2) is 4.79 Å². The van der Waals surface area contributed by atoms with Crippen LogP contribution in [0.25, 0.3) is 0 Å². The van der Waals surface area contributed by atoms with Crippen molar-refractivity contribution in [1.82, 2.24) is 9.78 Å². The number of carbonyl (C=O) groups is 1. The van der Waals surface area contributed by atoms with Gasteiger partial charge in [0.05, 0.1) is 5.69 Å². The molecule has 3 rings (SSSR count). The van der Waals surface area contributed by atoms with Crippen molar-refractivity contribution in [1.29, 1.82) is 0 Å². The number of carboxylic acid groups (broad SMARTS) is 1. The molecule has 0 radical (unpaired) electrons. The molecule has 4 heteroatoms. The molecule has 17 heavy (non-hydrogen) atoms. The summed E-state index contributed by atoms with van der Waals surface area (Å²) in [7, 11) is 0. The Kier molecular flexibility index (Phi) is 1.98. The minimum absolute atomic E-state index is 0.621. The first kappa shape index (κ1) is 10.8. The van der Waals surface area contributed by atoms with E-state index in [4.69, 9.17) is 0 Å². The van der Waals surface area contributed by atoms with Crippen LogP contribution >= 0.6 is 0 Å². The fourth-order valence-corrected chi connectivity index (χ4v) is 3.34. The van der Waals surface area contributed by atoms with Crippen LogP contribution in [0.2, 0.25) is 0 Å². The average molecular weight is 234 g/mol. The number of aromatic nitrogens is 2. The summed E-state index contributed by atoms with van der Waals surface area (Å²) in [5.74, 6) is 0.529. The quantitative estimate of drug-likeness (QED) is 0.851. The van der Waals surface area contributed by atoms with Crippen LogP contribution in [0.3, 0.4) is 0 Å². The van der Waals surface area contributed by atoms with Crippen molar-refractivity contribution in [2.24, 2.45) is 11.8 Å². The lowest BCUT2D eigenvalue weighted by atomic mass is 9.93. The monoisotopic (exact) mass is 234 g/mol. The van der Waals surface area contributed by atoms with Crippen molar-refractivity contribution >= 4 is 5.97 Å². The molecule has 92 valence electrons. The molecule has 0 aliphatic heterocycles. The van der Waals surface area contributed by atoms with Gasteiger partial charge in [-0.05, 0) is 57.4 Å². The van der Waals surface area contributed by atoms with E-state index in [1.54, 1.807) is 4.68 Å². The molecule has 2 unspecified atom stereocenters. The second-order valence-electron chi connectivity index (χ2n) is 5.71. The third kappa shape index (κ3) is 1.30. The van der Waals surface area contributed by atoms with Crippen LogP contribution in [0.5, 0.6) is 0 Å². The number of fused-ring (bicyclic) bond motifs is 1. The van der Waals surface area contributed by atoms with Crippen LogP contribution in [0.1, 0.15) is 36.2 Å². The predicted molar refractivity (Wildman–Crippen MR) is 62.9 cm³/mol. The van der Waals surface area contributed by atoms with E-state index in [0.717, 1.165) is 29.8 Å². The second-order valence-corrected chi connectivity index (χ2v) is 5.71. The van der Waals surface area contributed by atoms with E-state index in [1.165, 1.54) is 6.42 Å². The summed E-state index contributed by atoms with van der Waals surface area (Å²) >= 11 is 0. The first-order valence-corrected chi connectivity index (χ1v) is 6.22. The molecular weight excluding hydrogens is 216 g/mol. The van der Waals surface area contributed by atoms with E-state index < -0.39 is 11.5 Å². The molecule has 0 aromatic carbocycles. The Morgan fingerprint density at radius 1 is 1.35 bits per heavy atom. The molecular formula is C13H18N2O2. The summed E-state index contributed by atoms with van der Waals surface area (Å²) in [5.41, 5.74) is 2.30. The zero-order chi connectivity index (χ0) is 12.4. The molecule has 2 fully saturated rings. The van der Waals surface area contributed by atoms with Crippen LogP contribution < -0.4 is 0 Å². The van der Waals surface area contributed by atoms with E-state index in [2.05, 4.69) is 5.10 Å². The van der Waals surface area contributed by atoms with Gasteiger partial charge in [0, 0.05) is 5.69 Å². The molecule has 0 saturated heterocycles. The highest BCUT2D eigenvalue weighted by Gasteiger charge is 2.59. The Bertz CT molecular complexity index is 494. The molecule has 1 N–H and O–H groups in total. The molecule has 2 saturated carbocycles. The van der Waals surface area contributed by atoms with Crippen LogP contribution in [0.4, 0.5) is 0 Å². The van der Waals surface area contributed by atoms with E-state index >= 15 is 0 Å². The molecule has 1 heterocycles. The van der Waals surface area contributed by atoms with Crippen molar-refractivity contribution in [3.05, 3.63) is 17.0 Å². The summed E-state index contributed by atoms with van der Waals surface area (Å²) in [5, 5.41) is 14.1. The summed E-state index contributed by atoms with van der Waals surface area (Å²) in [6, 6.07) is 0. The maximum absolute atomic E-state index is 11.7. The standard InChI is InChI=1S/C13H18N2O2/c1-7-8(2)14-15(9(7)3)13(12(16)17)5-10-4-11(10)6-13/h10-11H,4-6H2,1-3H3,(H,16,17). The lowest BCUT2D eigenvalue weighted by Crippen LogP contribution is -2.42. The molecule has 2 aliphatic carbocycles. The van der Waals surface area contributed by atoms with E-state index in [-0.39, 0.29) is 0 Å². The number of aryl methyl sites for hydroxylation is 1. The summed E-state index contributed by atoms with van der Waals surface area (Å²) in [4.78, 5) is 11.7. The fourth-order valence-electron chi connectivity index (χ4n) is 3.34. The van der Waals surface area contributed by atoms with Gasteiger partial charge >= 0.3 is 5.97 Å². The highest BCUT2D eigenvalue weighted by molar-refractivity contribution is 5.77. The molecule has 0 amide bonds. The van der Waals surface area contributed by atoms with E-state index in [0.29, 0.717) is 11.8 Å². The summed E-state index contributed by atoms with van der Waals surface area (Å²) < 4.78 is 1.78. The number of hydrogen-bond donors (Lipinski definition) is 1. The zero-order valence-corrected chi connectivity index (χ0v) is 10.5. The Labute approximate surface area is 101 Å². The van der Waals surface area contributed by atoms with Gasteiger partial charge in [0.2, 0.25) is 0 Å². The van der Waals surface area contributed by atoms with Gasteiger partial charge in [-0.3, -0.25) is 4.68 Å². The number of hydrogen-bond acceptors (Lipinski definition) is 2. The topological polar surface area (TPSA) is 55.1 Å². The second kappa shape index (κ2) is 3.12. The third-order valence-corrected chi connectivity index (χ3v) is 4.73. The first-order chi connectivity index (χ1) is 7.95. The van der Waals surface area contributed by atoms with Crippen LogP contribution in [-0.4, -0.2) is 20.9 Å². The number of aliphatic carboxylic acids is 1. The molecule has 4 nitrogen and oxygen atoms in total. The van der Waals surface area contributed by atoms with Gasteiger partial charge in [-0.15, -0.1) is 0 Å². The Hall–Kier alpha value is -1.32. The largest absolute Gasteiger partial charge is 0.479 e. The van der Waals surface area contributed by atoms with Crippen molar-refractivity contribution < 1.29 is 9.90 Å².